The highest BCUT2D eigenvalue weighted by Crippen LogP contribution is 2.90. The van der Waals surface area contributed by atoms with Crippen LogP contribution in [0.5, 0.6) is 0 Å². The molecule has 7 aliphatic carbocycles. The third-order valence-electron chi connectivity index (χ3n) is 13.4. The van der Waals surface area contributed by atoms with Crippen LogP contribution in [0.3, 0.4) is 0 Å². The number of hydrogen-bond acceptors (Lipinski definition) is 4. The first-order valence-electron chi connectivity index (χ1n) is 13.3. The van der Waals surface area contributed by atoms with Gasteiger partial charge < -0.3 is 9.47 Å². The predicted octanol–water partition coefficient (Wildman–Crippen LogP) is 4.92. The van der Waals surface area contributed by atoms with E-state index in [-0.39, 0.29) is 34.6 Å². The van der Waals surface area contributed by atoms with Crippen LogP contribution >= 0.6 is 0 Å². The summed E-state index contributed by atoms with van der Waals surface area (Å²) in [5.74, 6) is 3.14. The molecule has 0 saturated heterocycles. The van der Waals surface area contributed by atoms with Crippen molar-refractivity contribution in [1.29, 1.82) is 0 Å². The molecule has 9 rings (SSSR count). The topological polar surface area (TPSA) is 52.6 Å². The number of fused-ring (bicyclic) bond motifs is 9. The van der Waals surface area contributed by atoms with Gasteiger partial charge in [0.05, 0.1) is 0 Å². The minimum absolute atomic E-state index is 0.0271. The first-order valence-corrected chi connectivity index (χ1v) is 13.3. The standard InChI is InChI=1S/C30H32O4/c1-11-15-7-21(15)27(5)17(11)9-19-13(3)25(31)33-29(19)23(27)24-28(6)18(12(2)16-8-22(16)28)10-20-14(4)26(32)34-30(20,24)29/h15-18,21-24H,1-2,7-10H2,3-6H3. The lowest BCUT2D eigenvalue weighted by Crippen LogP contribution is -2.86. The number of esters is 2. The van der Waals surface area contributed by atoms with Gasteiger partial charge >= 0.3 is 11.9 Å². The van der Waals surface area contributed by atoms with Gasteiger partial charge in [-0.2, -0.15) is 0 Å². The fraction of sp³-hybridized carbons (Fsp3) is 0.667. The van der Waals surface area contributed by atoms with Crippen molar-refractivity contribution in [3.8, 4) is 0 Å². The third-order valence-corrected chi connectivity index (χ3v) is 13.4. The summed E-state index contributed by atoms with van der Waals surface area (Å²) >= 11 is 0. The summed E-state index contributed by atoms with van der Waals surface area (Å²) in [5, 5.41) is 0. The molecule has 0 aromatic heterocycles. The Morgan fingerprint density at radius 1 is 0.735 bits per heavy atom. The van der Waals surface area contributed by atoms with Crippen LogP contribution in [0, 0.1) is 58.2 Å². The molecule has 7 saturated carbocycles. The molecule has 4 heteroatoms. The smallest absolute Gasteiger partial charge is 0.334 e. The molecule has 0 aromatic rings. The molecular weight excluding hydrogens is 424 g/mol. The quantitative estimate of drug-likeness (QED) is 0.384. The second-order valence-corrected chi connectivity index (χ2v) is 13.7. The Labute approximate surface area is 200 Å². The number of rotatable bonds is 0. The van der Waals surface area contributed by atoms with E-state index in [2.05, 4.69) is 27.0 Å². The van der Waals surface area contributed by atoms with Crippen molar-refractivity contribution in [2.45, 2.75) is 64.6 Å². The minimum Gasteiger partial charge on any atom is -0.446 e. The molecule has 2 heterocycles. The number of carbonyl (C=O) groups is 2. The lowest BCUT2D eigenvalue weighted by molar-refractivity contribution is -0.346. The average Bonchev–Trinajstić information content (AvgIpc) is 3.67. The van der Waals surface area contributed by atoms with E-state index >= 15 is 0 Å². The van der Waals surface area contributed by atoms with Gasteiger partial charge in [0.15, 0.2) is 11.2 Å². The van der Waals surface area contributed by atoms with Gasteiger partial charge in [0.1, 0.15) is 0 Å². The summed E-state index contributed by atoms with van der Waals surface area (Å²) in [6.07, 6.45) is 4.08. The maximum Gasteiger partial charge on any atom is 0.334 e. The Morgan fingerprint density at radius 2 is 1.12 bits per heavy atom. The molecular formula is C30H32O4. The molecule has 0 radical (unpaired) electrons. The fourth-order valence-corrected chi connectivity index (χ4v) is 11.9. The van der Waals surface area contributed by atoms with Crippen LogP contribution in [-0.4, -0.2) is 23.1 Å². The molecule has 2 spiro atoms. The van der Waals surface area contributed by atoms with Crippen molar-refractivity contribution >= 4 is 11.9 Å². The fourth-order valence-electron chi connectivity index (χ4n) is 11.9. The summed E-state index contributed by atoms with van der Waals surface area (Å²) in [5.41, 5.74) is 4.94. The molecule has 9 aliphatic rings. The van der Waals surface area contributed by atoms with Crippen molar-refractivity contribution in [1.82, 2.24) is 0 Å². The second kappa shape index (κ2) is 4.80. The Hall–Kier alpha value is -2.10. The predicted molar refractivity (Wildman–Crippen MR) is 124 cm³/mol. The molecule has 2 aliphatic heterocycles. The molecule has 0 N–H and O–H groups in total. The summed E-state index contributed by atoms with van der Waals surface area (Å²) in [6.45, 7) is 18.0. The summed E-state index contributed by atoms with van der Waals surface area (Å²) < 4.78 is 13.2. The van der Waals surface area contributed by atoms with Crippen LogP contribution in [0.15, 0.2) is 46.6 Å². The van der Waals surface area contributed by atoms with Crippen LogP contribution in [-0.2, 0) is 19.1 Å². The van der Waals surface area contributed by atoms with E-state index in [0.717, 1.165) is 35.1 Å². The van der Waals surface area contributed by atoms with Gasteiger partial charge in [-0.05, 0) is 97.0 Å². The molecule has 0 amide bonds. The van der Waals surface area contributed by atoms with Crippen LogP contribution in [0.25, 0.3) is 0 Å². The van der Waals surface area contributed by atoms with Gasteiger partial charge in [-0.25, -0.2) is 9.59 Å². The molecule has 12 atom stereocenters. The van der Waals surface area contributed by atoms with Crippen molar-refractivity contribution in [2.75, 3.05) is 0 Å². The number of hydrogen-bond donors (Lipinski definition) is 0. The molecule has 0 bridgehead atoms. The second-order valence-electron chi connectivity index (χ2n) is 13.7. The van der Waals surface area contributed by atoms with Crippen LogP contribution < -0.4 is 0 Å². The maximum atomic E-state index is 13.3. The van der Waals surface area contributed by atoms with Gasteiger partial charge in [-0.15, -0.1) is 0 Å². The molecule has 12 unspecified atom stereocenters. The lowest BCUT2D eigenvalue weighted by atomic mass is 9.28. The van der Waals surface area contributed by atoms with Crippen LogP contribution in [0.1, 0.15) is 53.4 Å². The Kier molecular flexibility index (Phi) is 2.70. The first kappa shape index (κ1) is 19.1. The van der Waals surface area contributed by atoms with Crippen molar-refractivity contribution < 1.29 is 19.1 Å². The van der Waals surface area contributed by atoms with E-state index in [1.807, 2.05) is 13.8 Å². The van der Waals surface area contributed by atoms with E-state index in [1.165, 1.54) is 24.0 Å². The molecule has 34 heavy (non-hydrogen) atoms. The van der Waals surface area contributed by atoms with Crippen molar-refractivity contribution in [3.63, 3.8) is 0 Å². The van der Waals surface area contributed by atoms with E-state index < -0.39 is 11.2 Å². The number of carbonyl (C=O) groups excluding carboxylic acids is 2. The normalized spacial score (nSPS) is 60.8. The van der Waals surface area contributed by atoms with Crippen LogP contribution in [0.4, 0.5) is 0 Å². The van der Waals surface area contributed by atoms with Crippen molar-refractivity contribution in [3.05, 3.63) is 46.6 Å². The summed E-state index contributed by atoms with van der Waals surface area (Å²) in [6, 6.07) is 0. The minimum atomic E-state index is -0.827. The Bertz CT molecular complexity index is 1210. The van der Waals surface area contributed by atoms with E-state index in [0.29, 0.717) is 35.5 Å². The molecule has 176 valence electrons. The summed E-state index contributed by atoms with van der Waals surface area (Å²) in [7, 11) is 0. The molecule has 4 nitrogen and oxygen atoms in total. The van der Waals surface area contributed by atoms with E-state index in [4.69, 9.17) is 9.47 Å². The van der Waals surface area contributed by atoms with E-state index in [9.17, 15) is 9.59 Å². The Morgan fingerprint density at radius 3 is 1.50 bits per heavy atom. The SMILES string of the molecule is C=C1C2CC2C2(C)C1CC1=C(C)C(=O)OC13C2C1C2(C)C(CC4=C(C)C(=O)OC413)C(=C)C1CC12. The van der Waals surface area contributed by atoms with Gasteiger partial charge in [-0.3, -0.25) is 0 Å². The molecule has 0 aromatic carbocycles. The highest BCUT2D eigenvalue weighted by molar-refractivity contribution is 5.97. The van der Waals surface area contributed by atoms with Crippen LogP contribution in [0.2, 0.25) is 0 Å². The number of allylic oxidation sites excluding steroid dienone is 2. The molecule has 7 fully saturated rings. The zero-order valence-electron chi connectivity index (χ0n) is 20.5. The van der Waals surface area contributed by atoms with E-state index in [1.54, 1.807) is 0 Å². The van der Waals surface area contributed by atoms with Gasteiger partial charge in [0, 0.05) is 23.0 Å². The monoisotopic (exact) mass is 456 g/mol. The number of ether oxygens (including phenoxy) is 2. The summed E-state index contributed by atoms with van der Waals surface area (Å²) in [4.78, 5) is 26.6. The zero-order valence-corrected chi connectivity index (χ0v) is 20.5. The highest BCUT2D eigenvalue weighted by Gasteiger charge is 2.94. The van der Waals surface area contributed by atoms with Crippen molar-refractivity contribution in [2.24, 2.45) is 58.2 Å². The zero-order chi connectivity index (χ0) is 23.5. The Balaban J connectivity index is 1.38. The average molecular weight is 457 g/mol. The third kappa shape index (κ3) is 1.41. The largest absolute Gasteiger partial charge is 0.446 e. The van der Waals surface area contributed by atoms with Gasteiger partial charge in [0.2, 0.25) is 0 Å². The lowest BCUT2D eigenvalue weighted by Gasteiger charge is -2.77. The first-order chi connectivity index (χ1) is 16.1. The maximum absolute atomic E-state index is 13.3. The highest BCUT2D eigenvalue weighted by atomic mass is 16.6. The van der Waals surface area contributed by atoms with Gasteiger partial charge in [0.25, 0.3) is 0 Å². The van der Waals surface area contributed by atoms with Gasteiger partial charge in [-0.1, -0.05) is 38.2 Å².